The van der Waals surface area contributed by atoms with Gasteiger partial charge >= 0.3 is 0 Å². The largest absolute Gasteiger partial charge is 0.355 e. The van der Waals surface area contributed by atoms with E-state index in [1.807, 2.05) is 30.3 Å². The van der Waals surface area contributed by atoms with Crippen LogP contribution in [-0.4, -0.2) is 47.0 Å². The number of benzene rings is 2. The Kier molecular flexibility index (Phi) is 5.41. The molecule has 3 aromatic rings. The van der Waals surface area contributed by atoms with Gasteiger partial charge in [-0.2, -0.15) is 0 Å². The number of amides is 1. The Hall–Kier alpha value is -2.70. The number of rotatable bonds is 4. The molecule has 0 bridgehead atoms. The van der Waals surface area contributed by atoms with Crippen molar-refractivity contribution in [3.63, 3.8) is 0 Å². The van der Waals surface area contributed by atoms with Crippen molar-refractivity contribution in [1.82, 2.24) is 15.0 Å². The Morgan fingerprint density at radius 1 is 1.07 bits per heavy atom. The SMILES string of the molecule is O=C(c1cc(-c2ccccc2)on1)N1CCN(Cc2ccc(F)cc2Cl)CC1. The van der Waals surface area contributed by atoms with Crippen molar-refractivity contribution in [3.05, 3.63) is 76.7 Å². The van der Waals surface area contributed by atoms with Gasteiger partial charge in [-0.05, 0) is 17.7 Å². The highest BCUT2D eigenvalue weighted by Crippen LogP contribution is 2.22. The average molecular weight is 400 g/mol. The highest BCUT2D eigenvalue weighted by atomic mass is 35.5. The van der Waals surface area contributed by atoms with Crippen molar-refractivity contribution in [1.29, 1.82) is 0 Å². The maximum atomic E-state index is 13.2. The second-order valence-corrected chi connectivity index (χ2v) is 7.15. The Bertz CT molecular complexity index is 969. The van der Waals surface area contributed by atoms with E-state index in [9.17, 15) is 9.18 Å². The van der Waals surface area contributed by atoms with E-state index in [1.165, 1.54) is 12.1 Å². The molecule has 1 saturated heterocycles. The van der Waals surface area contributed by atoms with Gasteiger partial charge in [0.1, 0.15) is 5.82 Å². The van der Waals surface area contributed by atoms with Gasteiger partial charge < -0.3 is 9.42 Å². The smallest absolute Gasteiger partial charge is 0.276 e. The third kappa shape index (κ3) is 4.08. The highest BCUT2D eigenvalue weighted by Gasteiger charge is 2.25. The normalized spacial score (nSPS) is 15.0. The van der Waals surface area contributed by atoms with Crippen LogP contribution >= 0.6 is 11.6 Å². The number of halogens is 2. The molecule has 0 aliphatic carbocycles. The van der Waals surface area contributed by atoms with Crippen molar-refractivity contribution in [2.45, 2.75) is 6.54 Å². The lowest BCUT2D eigenvalue weighted by Crippen LogP contribution is -2.48. The molecular weight excluding hydrogens is 381 g/mol. The van der Waals surface area contributed by atoms with E-state index in [0.29, 0.717) is 49.2 Å². The monoisotopic (exact) mass is 399 g/mol. The lowest BCUT2D eigenvalue weighted by Gasteiger charge is -2.34. The summed E-state index contributed by atoms with van der Waals surface area (Å²) in [5.74, 6) is 0.102. The van der Waals surface area contributed by atoms with E-state index in [4.69, 9.17) is 16.1 Å². The van der Waals surface area contributed by atoms with Gasteiger partial charge in [-0.1, -0.05) is 53.2 Å². The summed E-state index contributed by atoms with van der Waals surface area (Å²) in [4.78, 5) is 16.7. The summed E-state index contributed by atoms with van der Waals surface area (Å²) < 4.78 is 18.5. The molecule has 0 N–H and O–H groups in total. The molecule has 4 rings (SSSR count). The molecule has 2 aromatic carbocycles. The minimum atomic E-state index is -0.341. The molecule has 5 nitrogen and oxygen atoms in total. The Labute approximate surface area is 167 Å². The summed E-state index contributed by atoms with van der Waals surface area (Å²) in [7, 11) is 0. The molecule has 2 heterocycles. The quantitative estimate of drug-likeness (QED) is 0.663. The van der Waals surface area contributed by atoms with Crippen LogP contribution < -0.4 is 0 Å². The number of nitrogens with zero attached hydrogens (tertiary/aromatic N) is 3. The molecule has 1 fully saturated rings. The molecule has 0 unspecified atom stereocenters. The summed E-state index contributed by atoms with van der Waals surface area (Å²) in [6.07, 6.45) is 0. The molecular formula is C21H19ClFN3O2. The van der Waals surface area contributed by atoms with E-state index >= 15 is 0 Å². The van der Waals surface area contributed by atoms with Crippen molar-refractivity contribution in [2.24, 2.45) is 0 Å². The number of piperazine rings is 1. The van der Waals surface area contributed by atoms with Gasteiger partial charge in [0.25, 0.3) is 5.91 Å². The lowest BCUT2D eigenvalue weighted by atomic mass is 10.1. The second kappa shape index (κ2) is 8.12. The van der Waals surface area contributed by atoms with E-state index in [0.717, 1.165) is 11.1 Å². The van der Waals surface area contributed by atoms with E-state index in [-0.39, 0.29) is 11.7 Å². The van der Waals surface area contributed by atoms with E-state index in [2.05, 4.69) is 10.1 Å². The summed E-state index contributed by atoms with van der Waals surface area (Å²) in [6, 6.07) is 15.7. The lowest BCUT2D eigenvalue weighted by molar-refractivity contribution is 0.0618. The topological polar surface area (TPSA) is 49.6 Å². The van der Waals surface area contributed by atoms with E-state index < -0.39 is 0 Å². The summed E-state index contributed by atoms with van der Waals surface area (Å²) in [5, 5.41) is 4.37. The maximum Gasteiger partial charge on any atom is 0.276 e. The molecule has 0 atom stereocenters. The van der Waals surface area contributed by atoms with Gasteiger partial charge in [0.2, 0.25) is 0 Å². The van der Waals surface area contributed by atoms with Crippen molar-refractivity contribution >= 4 is 17.5 Å². The Balaban J connectivity index is 1.36. The van der Waals surface area contributed by atoms with Gasteiger partial charge in [-0.3, -0.25) is 9.69 Å². The van der Waals surface area contributed by atoms with Crippen LogP contribution in [0.1, 0.15) is 16.1 Å². The van der Waals surface area contributed by atoms with Crippen LogP contribution in [0.25, 0.3) is 11.3 Å². The molecule has 0 spiro atoms. The minimum Gasteiger partial charge on any atom is -0.355 e. The fourth-order valence-electron chi connectivity index (χ4n) is 3.28. The van der Waals surface area contributed by atoms with Crippen molar-refractivity contribution in [3.8, 4) is 11.3 Å². The van der Waals surface area contributed by atoms with E-state index in [1.54, 1.807) is 17.0 Å². The average Bonchev–Trinajstić information content (AvgIpc) is 3.21. The number of carbonyl (C=O) groups is 1. The van der Waals surface area contributed by atoms with Crippen LogP contribution in [0, 0.1) is 5.82 Å². The van der Waals surface area contributed by atoms with Crippen LogP contribution in [0.3, 0.4) is 0 Å². The van der Waals surface area contributed by atoms with Gasteiger partial charge in [-0.15, -0.1) is 0 Å². The fourth-order valence-corrected chi connectivity index (χ4v) is 3.50. The number of aromatic nitrogens is 1. The summed E-state index contributed by atoms with van der Waals surface area (Å²) in [5.41, 5.74) is 2.08. The zero-order valence-electron chi connectivity index (χ0n) is 15.1. The zero-order valence-corrected chi connectivity index (χ0v) is 15.9. The van der Waals surface area contributed by atoms with Crippen LogP contribution in [0.2, 0.25) is 5.02 Å². The predicted octanol–water partition coefficient (Wildman–Crippen LogP) is 4.09. The number of hydrogen-bond donors (Lipinski definition) is 0. The molecule has 7 heteroatoms. The summed E-state index contributed by atoms with van der Waals surface area (Å²) >= 11 is 6.11. The third-order valence-corrected chi connectivity index (χ3v) is 5.21. The first kappa shape index (κ1) is 18.7. The fraction of sp³-hybridized carbons (Fsp3) is 0.238. The number of carbonyl (C=O) groups excluding carboxylic acids is 1. The van der Waals surface area contributed by atoms with Gasteiger partial charge in [0.05, 0.1) is 0 Å². The zero-order chi connectivity index (χ0) is 19.5. The van der Waals surface area contributed by atoms with Gasteiger partial charge in [-0.25, -0.2) is 4.39 Å². The van der Waals surface area contributed by atoms with Gasteiger partial charge in [0, 0.05) is 49.4 Å². The summed E-state index contributed by atoms with van der Waals surface area (Å²) in [6.45, 7) is 3.23. The third-order valence-electron chi connectivity index (χ3n) is 4.86. The second-order valence-electron chi connectivity index (χ2n) is 6.75. The molecule has 28 heavy (non-hydrogen) atoms. The molecule has 1 aliphatic rings. The highest BCUT2D eigenvalue weighted by molar-refractivity contribution is 6.31. The molecule has 0 radical (unpaired) electrons. The Morgan fingerprint density at radius 3 is 2.54 bits per heavy atom. The first-order valence-corrected chi connectivity index (χ1v) is 9.45. The molecule has 0 saturated carbocycles. The molecule has 1 aliphatic heterocycles. The van der Waals surface area contributed by atoms with Crippen LogP contribution in [0.4, 0.5) is 4.39 Å². The standard InChI is InChI=1S/C21H19ClFN3O2/c22-18-12-17(23)7-6-16(18)14-25-8-10-26(11-9-25)21(27)19-13-20(28-24-19)15-4-2-1-3-5-15/h1-7,12-13H,8-11,14H2. The van der Waals surface area contributed by atoms with Gasteiger partial charge in [0.15, 0.2) is 11.5 Å². The van der Waals surface area contributed by atoms with Crippen molar-refractivity contribution in [2.75, 3.05) is 26.2 Å². The predicted molar refractivity (Wildman–Crippen MR) is 105 cm³/mol. The molecule has 1 amide bonds. The van der Waals surface area contributed by atoms with Crippen LogP contribution in [0.5, 0.6) is 0 Å². The number of hydrogen-bond acceptors (Lipinski definition) is 4. The Morgan fingerprint density at radius 2 is 1.82 bits per heavy atom. The molecule has 1 aromatic heterocycles. The maximum absolute atomic E-state index is 13.2. The van der Waals surface area contributed by atoms with Crippen molar-refractivity contribution < 1.29 is 13.7 Å². The molecule has 144 valence electrons. The first-order chi connectivity index (χ1) is 13.6. The first-order valence-electron chi connectivity index (χ1n) is 9.08. The van der Waals surface area contributed by atoms with Crippen LogP contribution in [0.15, 0.2) is 59.1 Å². The minimum absolute atomic E-state index is 0.134. The van der Waals surface area contributed by atoms with Crippen LogP contribution in [-0.2, 0) is 6.54 Å².